The van der Waals surface area contributed by atoms with Gasteiger partial charge in [0, 0.05) is 16.5 Å². The van der Waals surface area contributed by atoms with Crippen molar-refractivity contribution in [1.82, 2.24) is 10.3 Å². The lowest BCUT2D eigenvalue weighted by molar-refractivity contribution is 0.0494. The molecule has 2 rings (SSSR count). The summed E-state index contributed by atoms with van der Waals surface area (Å²) in [5.74, 6) is -0.608. The summed E-state index contributed by atoms with van der Waals surface area (Å²) in [7, 11) is 0. The summed E-state index contributed by atoms with van der Waals surface area (Å²) in [4.78, 5) is 27.5. The molecular formula is C19H26N2O4. The summed E-state index contributed by atoms with van der Waals surface area (Å²) in [6.07, 6.45) is 1.72. The van der Waals surface area contributed by atoms with Crippen LogP contribution in [0.4, 0.5) is 0 Å². The van der Waals surface area contributed by atoms with Crippen LogP contribution in [0.5, 0.6) is 5.75 Å². The number of hydrogen-bond donors (Lipinski definition) is 3. The molecule has 2 aromatic rings. The van der Waals surface area contributed by atoms with Gasteiger partial charge in [-0.25, -0.2) is 4.79 Å². The fraction of sp³-hybridized carbons (Fsp3) is 0.474. The van der Waals surface area contributed by atoms with E-state index < -0.39 is 5.97 Å². The van der Waals surface area contributed by atoms with Crippen LogP contribution in [-0.4, -0.2) is 40.5 Å². The second-order valence-corrected chi connectivity index (χ2v) is 7.12. The number of carbonyl (C=O) groups excluding carboxylic acids is 2. The Hall–Kier alpha value is -2.34. The Bertz CT molecular complexity index is 772. The number of fused-ring (bicyclic) bond motifs is 1. The molecular weight excluding hydrogens is 320 g/mol. The first-order chi connectivity index (χ1) is 11.7. The van der Waals surface area contributed by atoms with Crippen LogP contribution < -0.4 is 5.32 Å². The number of esters is 1. The number of Topliss-reactive ketones (excluding diaryl/α,β-unsaturated/α-hetero) is 1. The van der Waals surface area contributed by atoms with E-state index >= 15 is 0 Å². The number of phenols is 1. The van der Waals surface area contributed by atoms with Gasteiger partial charge < -0.3 is 20.1 Å². The lowest BCUT2D eigenvalue weighted by Crippen LogP contribution is -2.39. The summed E-state index contributed by atoms with van der Waals surface area (Å²) in [6.45, 7) is 8.47. The molecule has 1 heterocycles. The normalized spacial score (nSPS) is 11.7. The molecule has 0 saturated carbocycles. The number of aromatic nitrogens is 1. The lowest BCUT2D eigenvalue weighted by atomic mass is 10.0. The number of hydrogen-bond acceptors (Lipinski definition) is 5. The minimum Gasteiger partial charge on any atom is -0.506 e. The summed E-state index contributed by atoms with van der Waals surface area (Å²) in [5.41, 5.74) is 0.862. The fourth-order valence-electron chi connectivity index (χ4n) is 2.39. The van der Waals surface area contributed by atoms with E-state index in [9.17, 15) is 14.7 Å². The van der Waals surface area contributed by atoms with E-state index in [1.165, 1.54) is 6.07 Å². The standard InChI is InChI=1S/C19H26N2O4/c1-5-6-9-25-18(24)14-10-13-12(7-8-15(22)17(13)21-14)16(23)11-20-19(2,3)4/h7-8,10,20-22H,5-6,9,11H2,1-4H3. The first-order valence-corrected chi connectivity index (χ1v) is 8.53. The molecule has 0 aliphatic rings. The van der Waals surface area contributed by atoms with E-state index in [4.69, 9.17) is 4.74 Å². The molecule has 25 heavy (non-hydrogen) atoms. The van der Waals surface area contributed by atoms with Crippen molar-refractivity contribution in [2.45, 2.75) is 46.1 Å². The van der Waals surface area contributed by atoms with Gasteiger partial charge in [-0.1, -0.05) is 13.3 Å². The highest BCUT2D eigenvalue weighted by Crippen LogP contribution is 2.28. The number of unbranched alkanes of at least 4 members (excludes halogenated alkanes) is 1. The van der Waals surface area contributed by atoms with Crippen molar-refractivity contribution in [3.8, 4) is 5.75 Å². The third-order valence-electron chi connectivity index (χ3n) is 3.80. The number of aromatic hydroxyl groups is 1. The van der Waals surface area contributed by atoms with Gasteiger partial charge in [0.2, 0.25) is 0 Å². The van der Waals surface area contributed by atoms with E-state index in [0.29, 0.717) is 23.1 Å². The lowest BCUT2D eigenvalue weighted by Gasteiger charge is -2.20. The van der Waals surface area contributed by atoms with Crippen LogP contribution in [0.25, 0.3) is 10.9 Å². The minimum absolute atomic E-state index is 0.0112. The van der Waals surface area contributed by atoms with E-state index in [1.807, 2.05) is 27.7 Å². The Morgan fingerprint density at radius 2 is 2.00 bits per heavy atom. The number of nitrogens with one attached hydrogen (secondary N) is 2. The van der Waals surface area contributed by atoms with Gasteiger partial charge in [0.1, 0.15) is 11.4 Å². The molecule has 136 valence electrons. The Kier molecular flexibility index (Phi) is 5.85. The van der Waals surface area contributed by atoms with Gasteiger partial charge in [0.15, 0.2) is 5.78 Å². The smallest absolute Gasteiger partial charge is 0.354 e. The monoisotopic (exact) mass is 346 g/mol. The number of rotatable bonds is 7. The average molecular weight is 346 g/mol. The zero-order chi connectivity index (χ0) is 18.6. The second kappa shape index (κ2) is 7.70. The molecule has 6 heteroatoms. The molecule has 0 aliphatic heterocycles. The highest BCUT2D eigenvalue weighted by molar-refractivity contribution is 6.11. The van der Waals surface area contributed by atoms with E-state index in [-0.39, 0.29) is 29.3 Å². The third-order valence-corrected chi connectivity index (χ3v) is 3.80. The van der Waals surface area contributed by atoms with Gasteiger partial charge in [-0.15, -0.1) is 0 Å². The molecule has 0 radical (unpaired) electrons. The maximum atomic E-state index is 12.5. The van der Waals surface area contributed by atoms with Gasteiger partial charge in [-0.2, -0.15) is 0 Å². The number of phenolic OH excluding ortho intramolecular Hbond substituents is 1. The molecule has 0 aliphatic carbocycles. The second-order valence-electron chi connectivity index (χ2n) is 7.12. The van der Waals surface area contributed by atoms with Crippen molar-refractivity contribution in [2.24, 2.45) is 0 Å². The van der Waals surface area contributed by atoms with Crippen molar-refractivity contribution >= 4 is 22.7 Å². The number of H-pyrrole nitrogens is 1. The SMILES string of the molecule is CCCCOC(=O)c1cc2c(C(=O)CNC(C)(C)C)ccc(O)c2[nH]1. The Balaban J connectivity index is 2.29. The number of ether oxygens (including phenoxy) is 1. The molecule has 0 fully saturated rings. The van der Waals surface area contributed by atoms with Gasteiger partial charge in [0.05, 0.1) is 18.7 Å². The highest BCUT2D eigenvalue weighted by Gasteiger charge is 2.19. The minimum atomic E-state index is -0.490. The molecule has 0 bridgehead atoms. The van der Waals surface area contributed by atoms with E-state index in [0.717, 1.165) is 12.8 Å². The number of benzene rings is 1. The first kappa shape index (κ1) is 19.0. The quantitative estimate of drug-likeness (QED) is 0.406. The number of ketones is 1. The molecule has 1 aromatic heterocycles. The summed E-state index contributed by atoms with van der Waals surface area (Å²) in [6, 6.07) is 4.59. The first-order valence-electron chi connectivity index (χ1n) is 8.53. The average Bonchev–Trinajstić information content (AvgIpc) is 2.98. The molecule has 0 unspecified atom stereocenters. The van der Waals surface area contributed by atoms with Gasteiger partial charge in [-0.3, -0.25) is 4.79 Å². The topological polar surface area (TPSA) is 91.4 Å². The van der Waals surface area contributed by atoms with E-state index in [2.05, 4.69) is 10.3 Å². The van der Waals surface area contributed by atoms with Crippen LogP contribution in [0.3, 0.4) is 0 Å². The van der Waals surface area contributed by atoms with Crippen molar-refractivity contribution in [2.75, 3.05) is 13.2 Å². The molecule has 6 nitrogen and oxygen atoms in total. The predicted octanol–water partition coefficient (Wildman–Crippen LogP) is 3.40. The largest absolute Gasteiger partial charge is 0.506 e. The van der Waals surface area contributed by atoms with Crippen molar-refractivity contribution in [1.29, 1.82) is 0 Å². The number of carbonyl (C=O) groups is 2. The van der Waals surface area contributed by atoms with Gasteiger partial charge in [-0.05, 0) is 45.4 Å². The predicted molar refractivity (Wildman–Crippen MR) is 97.2 cm³/mol. The van der Waals surface area contributed by atoms with Crippen LogP contribution in [0.15, 0.2) is 18.2 Å². The molecule has 0 saturated heterocycles. The zero-order valence-electron chi connectivity index (χ0n) is 15.2. The van der Waals surface area contributed by atoms with Crippen LogP contribution in [0.2, 0.25) is 0 Å². The van der Waals surface area contributed by atoms with Crippen molar-refractivity contribution in [3.63, 3.8) is 0 Å². The highest BCUT2D eigenvalue weighted by atomic mass is 16.5. The Morgan fingerprint density at radius 3 is 2.64 bits per heavy atom. The summed E-state index contributed by atoms with van der Waals surface area (Å²) < 4.78 is 5.18. The molecule has 3 N–H and O–H groups in total. The molecule has 0 spiro atoms. The maximum absolute atomic E-state index is 12.5. The van der Waals surface area contributed by atoms with Crippen LogP contribution in [0, 0.1) is 0 Å². The molecule has 0 amide bonds. The van der Waals surface area contributed by atoms with Gasteiger partial charge in [0.25, 0.3) is 0 Å². The summed E-state index contributed by atoms with van der Waals surface area (Å²) >= 11 is 0. The Labute approximate surface area is 147 Å². The van der Waals surface area contributed by atoms with Crippen LogP contribution >= 0.6 is 0 Å². The molecule has 0 atom stereocenters. The van der Waals surface area contributed by atoms with Crippen LogP contribution in [-0.2, 0) is 4.74 Å². The maximum Gasteiger partial charge on any atom is 0.354 e. The molecule has 1 aromatic carbocycles. The summed E-state index contributed by atoms with van der Waals surface area (Å²) in [5, 5.41) is 13.7. The zero-order valence-corrected chi connectivity index (χ0v) is 15.2. The van der Waals surface area contributed by atoms with Crippen molar-refractivity contribution < 1.29 is 19.4 Å². The van der Waals surface area contributed by atoms with Gasteiger partial charge >= 0.3 is 5.97 Å². The third kappa shape index (κ3) is 4.82. The van der Waals surface area contributed by atoms with E-state index in [1.54, 1.807) is 12.1 Å². The fourth-order valence-corrected chi connectivity index (χ4v) is 2.39. The van der Waals surface area contributed by atoms with Crippen LogP contribution in [0.1, 0.15) is 61.4 Å². The van der Waals surface area contributed by atoms with Crippen molar-refractivity contribution in [3.05, 3.63) is 29.5 Å². The number of aromatic amines is 1. The Morgan fingerprint density at radius 1 is 1.28 bits per heavy atom.